The number of pyridine rings is 1. The second-order valence-electron chi connectivity index (χ2n) is 7.23. The number of rotatable bonds is 5. The molecular formula is C20H28N6. The molecule has 0 saturated carbocycles. The second-order valence-corrected chi connectivity index (χ2v) is 7.23. The van der Waals surface area contributed by atoms with Crippen LogP contribution in [-0.2, 0) is 6.54 Å². The average molecular weight is 352 g/mol. The van der Waals surface area contributed by atoms with Gasteiger partial charge in [-0.05, 0) is 56.2 Å². The summed E-state index contributed by atoms with van der Waals surface area (Å²) in [4.78, 5) is 18.2. The van der Waals surface area contributed by atoms with E-state index in [1.54, 1.807) is 6.33 Å². The topological polar surface area (TPSA) is 57.2 Å². The molecule has 26 heavy (non-hydrogen) atoms. The number of hydrogen-bond donors (Lipinski definition) is 1. The summed E-state index contributed by atoms with van der Waals surface area (Å²) in [5.41, 5.74) is 1.23. The molecule has 6 heteroatoms. The van der Waals surface area contributed by atoms with Crippen LogP contribution < -0.4 is 15.1 Å². The van der Waals surface area contributed by atoms with Gasteiger partial charge in [0, 0.05) is 45.0 Å². The zero-order valence-corrected chi connectivity index (χ0v) is 15.4. The Morgan fingerprint density at radius 2 is 1.42 bits per heavy atom. The minimum absolute atomic E-state index is 0.750. The number of nitrogens with zero attached hydrogens (tertiary/aromatic N) is 5. The van der Waals surface area contributed by atoms with Crippen molar-refractivity contribution in [2.45, 2.75) is 45.1 Å². The summed E-state index contributed by atoms with van der Waals surface area (Å²) in [6, 6.07) is 6.34. The van der Waals surface area contributed by atoms with E-state index in [0.717, 1.165) is 50.2 Å². The Hall–Kier alpha value is -2.37. The fourth-order valence-corrected chi connectivity index (χ4v) is 3.80. The molecule has 0 radical (unpaired) electrons. The predicted molar refractivity (Wildman–Crippen MR) is 106 cm³/mol. The minimum atomic E-state index is 0.750. The van der Waals surface area contributed by atoms with Crippen molar-refractivity contribution in [1.29, 1.82) is 0 Å². The van der Waals surface area contributed by atoms with Gasteiger partial charge in [-0.25, -0.2) is 15.0 Å². The zero-order chi connectivity index (χ0) is 17.6. The fourth-order valence-electron chi connectivity index (χ4n) is 3.80. The lowest BCUT2D eigenvalue weighted by molar-refractivity contribution is 0.573. The molecule has 2 aliphatic heterocycles. The first kappa shape index (κ1) is 17.1. The molecule has 0 bridgehead atoms. The molecule has 1 N–H and O–H groups in total. The zero-order valence-electron chi connectivity index (χ0n) is 15.4. The lowest BCUT2D eigenvalue weighted by Gasteiger charge is -2.28. The quantitative estimate of drug-likeness (QED) is 0.889. The standard InChI is InChI=1S/C20H28N6/c1-3-9-25(10-4-1)19-13-17(7-8-21-19)15-22-18-14-20(24-16-23-18)26-11-5-2-6-12-26/h7-8,13-14,16H,1-6,9-12,15H2,(H,22,23,24). The van der Waals surface area contributed by atoms with Crippen molar-refractivity contribution in [2.24, 2.45) is 0 Å². The lowest BCUT2D eigenvalue weighted by atomic mass is 10.1. The summed E-state index contributed by atoms with van der Waals surface area (Å²) in [6.45, 7) is 5.18. The molecule has 2 saturated heterocycles. The van der Waals surface area contributed by atoms with Crippen molar-refractivity contribution in [1.82, 2.24) is 15.0 Å². The van der Waals surface area contributed by atoms with Crippen LogP contribution in [0.5, 0.6) is 0 Å². The molecule has 0 amide bonds. The van der Waals surface area contributed by atoms with Crippen LogP contribution in [0.3, 0.4) is 0 Å². The third kappa shape index (κ3) is 4.23. The molecular weight excluding hydrogens is 324 g/mol. The minimum Gasteiger partial charge on any atom is -0.366 e. The number of hydrogen-bond acceptors (Lipinski definition) is 6. The molecule has 0 atom stereocenters. The van der Waals surface area contributed by atoms with Crippen LogP contribution in [0.1, 0.15) is 44.1 Å². The highest BCUT2D eigenvalue weighted by molar-refractivity contribution is 5.49. The number of nitrogens with one attached hydrogen (secondary N) is 1. The van der Waals surface area contributed by atoms with Crippen molar-refractivity contribution in [2.75, 3.05) is 41.3 Å². The third-order valence-electron chi connectivity index (χ3n) is 5.30. The van der Waals surface area contributed by atoms with E-state index in [4.69, 9.17) is 0 Å². The monoisotopic (exact) mass is 352 g/mol. The molecule has 0 spiro atoms. The van der Waals surface area contributed by atoms with Crippen molar-refractivity contribution in [3.05, 3.63) is 36.3 Å². The van der Waals surface area contributed by atoms with Gasteiger partial charge >= 0.3 is 0 Å². The van der Waals surface area contributed by atoms with Gasteiger partial charge in [0.2, 0.25) is 0 Å². The van der Waals surface area contributed by atoms with E-state index in [2.05, 4.69) is 48.3 Å². The van der Waals surface area contributed by atoms with E-state index in [9.17, 15) is 0 Å². The van der Waals surface area contributed by atoms with Crippen molar-refractivity contribution < 1.29 is 0 Å². The largest absolute Gasteiger partial charge is 0.366 e. The van der Waals surface area contributed by atoms with Gasteiger partial charge in [0.15, 0.2) is 0 Å². The Labute approximate surface area is 155 Å². The van der Waals surface area contributed by atoms with Crippen LogP contribution in [0.2, 0.25) is 0 Å². The van der Waals surface area contributed by atoms with E-state index < -0.39 is 0 Å². The van der Waals surface area contributed by atoms with Crippen LogP contribution >= 0.6 is 0 Å². The van der Waals surface area contributed by atoms with Crippen molar-refractivity contribution in [3.63, 3.8) is 0 Å². The Bertz CT molecular complexity index is 645. The number of aromatic nitrogens is 3. The molecule has 0 unspecified atom stereocenters. The normalized spacial score (nSPS) is 18.0. The molecule has 6 nitrogen and oxygen atoms in total. The van der Waals surface area contributed by atoms with Gasteiger partial charge in [0.05, 0.1) is 0 Å². The highest BCUT2D eigenvalue weighted by Crippen LogP contribution is 2.21. The molecule has 0 aromatic carbocycles. The van der Waals surface area contributed by atoms with Crippen LogP contribution in [0, 0.1) is 0 Å². The first-order chi connectivity index (χ1) is 12.9. The Morgan fingerprint density at radius 1 is 0.769 bits per heavy atom. The molecule has 2 aromatic heterocycles. The Kier molecular flexibility index (Phi) is 5.47. The molecule has 0 aliphatic carbocycles. The van der Waals surface area contributed by atoms with Crippen molar-refractivity contribution >= 4 is 17.5 Å². The fraction of sp³-hybridized carbons (Fsp3) is 0.550. The molecule has 4 heterocycles. The van der Waals surface area contributed by atoms with E-state index >= 15 is 0 Å². The van der Waals surface area contributed by atoms with E-state index in [0.29, 0.717) is 0 Å². The Balaban J connectivity index is 1.39. The average Bonchev–Trinajstić information content (AvgIpc) is 2.74. The first-order valence-corrected chi connectivity index (χ1v) is 9.89. The summed E-state index contributed by atoms with van der Waals surface area (Å²) in [5.74, 6) is 3.02. The summed E-state index contributed by atoms with van der Waals surface area (Å²) in [6.07, 6.45) is 11.3. The molecule has 2 aromatic rings. The molecule has 2 aliphatic rings. The van der Waals surface area contributed by atoms with Gasteiger partial charge in [-0.15, -0.1) is 0 Å². The van der Waals surface area contributed by atoms with Gasteiger partial charge < -0.3 is 15.1 Å². The molecule has 4 rings (SSSR count). The van der Waals surface area contributed by atoms with Crippen LogP contribution in [0.4, 0.5) is 17.5 Å². The summed E-state index contributed by atoms with van der Waals surface area (Å²) in [5, 5.41) is 3.45. The highest BCUT2D eigenvalue weighted by Gasteiger charge is 2.14. The first-order valence-electron chi connectivity index (χ1n) is 9.89. The maximum atomic E-state index is 4.56. The smallest absolute Gasteiger partial charge is 0.134 e. The third-order valence-corrected chi connectivity index (χ3v) is 5.30. The summed E-state index contributed by atoms with van der Waals surface area (Å²) >= 11 is 0. The molecule has 138 valence electrons. The summed E-state index contributed by atoms with van der Waals surface area (Å²) in [7, 11) is 0. The number of anilines is 3. The van der Waals surface area contributed by atoms with E-state index in [1.807, 2.05) is 6.20 Å². The maximum absolute atomic E-state index is 4.56. The van der Waals surface area contributed by atoms with Gasteiger partial charge in [-0.3, -0.25) is 0 Å². The van der Waals surface area contributed by atoms with Gasteiger partial charge in [0.25, 0.3) is 0 Å². The second kappa shape index (κ2) is 8.34. The maximum Gasteiger partial charge on any atom is 0.134 e. The van der Waals surface area contributed by atoms with Gasteiger partial charge in [-0.2, -0.15) is 0 Å². The van der Waals surface area contributed by atoms with E-state index in [-0.39, 0.29) is 0 Å². The highest BCUT2D eigenvalue weighted by atomic mass is 15.2. The SMILES string of the molecule is c1cc(CNc2cc(N3CCCCC3)ncn2)cc(N2CCCCC2)n1. The van der Waals surface area contributed by atoms with E-state index in [1.165, 1.54) is 44.1 Å². The predicted octanol–water partition coefficient (Wildman–Crippen LogP) is 3.46. The lowest BCUT2D eigenvalue weighted by Crippen LogP contribution is -2.30. The van der Waals surface area contributed by atoms with Crippen molar-refractivity contribution in [3.8, 4) is 0 Å². The molecule has 2 fully saturated rings. The number of piperidine rings is 2. The van der Waals surface area contributed by atoms with Gasteiger partial charge in [-0.1, -0.05) is 0 Å². The van der Waals surface area contributed by atoms with Crippen LogP contribution in [0.25, 0.3) is 0 Å². The van der Waals surface area contributed by atoms with Crippen LogP contribution in [-0.4, -0.2) is 41.1 Å². The van der Waals surface area contributed by atoms with Crippen LogP contribution in [0.15, 0.2) is 30.7 Å². The summed E-state index contributed by atoms with van der Waals surface area (Å²) < 4.78 is 0. The van der Waals surface area contributed by atoms with Gasteiger partial charge in [0.1, 0.15) is 23.8 Å². The Morgan fingerprint density at radius 3 is 2.12 bits per heavy atom.